The van der Waals surface area contributed by atoms with E-state index in [-0.39, 0.29) is 5.92 Å². The molecule has 0 aliphatic carbocycles. The lowest BCUT2D eigenvalue weighted by Crippen LogP contribution is -2.28. The zero-order valence-electron chi connectivity index (χ0n) is 10.8. The van der Waals surface area contributed by atoms with Crippen molar-refractivity contribution in [3.8, 4) is 5.75 Å². The van der Waals surface area contributed by atoms with E-state index in [1.165, 1.54) is 7.11 Å². The lowest BCUT2D eigenvalue weighted by atomic mass is 9.99. The van der Waals surface area contributed by atoms with Gasteiger partial charge in [-0.1, -0.05) is 26.0 Å². The van der Waals surface area contributed by atoms with Crippen molar-refractivity contribution in [3.05, 3.63) is 29.8 Å². The van der Waals surface area contributed by atoms with E-state index >= 15 is 0 Å². The van der Waals surface area contributed by atoms with Gasteiger partial charge in [-0.15, -0.1) is 0 Å². The van der Waals surface area contributed by atoms with E-state index in [1.807, 2.05) is 0 Å². The van der Waals surface area contributed by atoms with Gasteiger partial charge in [-0.2, -0.15) is 13.2 Å². The number of hydrogen-bond donors (Lipinski definition) is 0. The first-order valence-corrected chi connectivity index (χ1v) is 5.67. The summed E-state index contributed by atoms with van der Waals surface area (Å²) in [5.41, 5.74) is 0.494. The molecule has 0 radical (unpaired) electrons. The van der Waals surface area contributed by atoms with Gasteiger partial charge in [0.25, 0.3) is 0 Å². The molecule has 1 aromatic carbocycles. The number of benzene rings is 1. The summed E-state index contributed by atoms with van der Waals surface area (Å²) in [5, 5.41) is 0. The average Bonchev–Trinajstić information content (AvgIpc) is 2.34. The predicted molar refractivity (Wildman–Crippen MR) is 62.7 cm³/mol. The molecule has 19 heavy (non-hydrogen) atoms. The van der Waals surface area contributed by atoms with Gasteiger partial charge in [0, 0.05) is 0 Å². The highest BCUT2D eigenvalue weighted by Gasteiger charge is 2.42. The molecule has 0 N–H and O–H groups in total. The Bertz CT molecular complexity index is 424. The number of esters is 1. The summed E-state index contributed by atoms with van der Waals surface area (Å²) in [6.45, 7) is 3.36. The zero-order chi connectivity index (χ0) is 14.6. The number of alkyl halides is 3. The van der Waals surface area contributed by atoms with Crippen molar-refractivity contribution in [2.45, 2.75) is 26.1 Å². The Balaban J connectivity index is 2.91. The Hall–Kier alpha value is -1.72. The van der Waals surface area contributed by atoms with Crippen LogP contribution >= 0.6 is 0 Å². The average molecular weight is 276 g/mol. The van der Waals surface area contributed by atoms with E-state index < -0.39 is 18.2 Å². The Morgan fingerprint density at radius 2 is 1.68 bits per heavy atom. The highest BCUT2D eigenvalue weighted by molar-refractivity contribution is 5.75. The number of hydrogen-bond acceptors (Lipinski definition) is 3. The Morgan fingerprint density at radius 3 is 2.05 bits per heavy atom. The molecular weight excluding hydrogens is 261 g/mol. The molecule has 0 amide bonds. The number of methoxy groups -OCH3 is 1. The van der Waals surface area contributed by atoms with Crippen LogP contribution in [0.1, 0.15) is 25.5 Å². The normalized spacial score (nSPS) is 13.2. The smallest absolute Gasteiger partial charge is 0.490 e. The maximum absolute atomic E-state index is 12.2. The van der Waals surface area contributed by atoms with E-state index in [9.17, 15) is 18.0 Å². The van der Waals surface area contributed by atoms with Crippen LogP contribution in [0.15, 0.2) is 24.3 Å². The summed E-state index contributed by atoms with van der Waals surface area (Å²) in [6, 6.07) is 6.36. The Morgan fingerprint density at radius 1 is 1.16 bits per heavy atom. The fourth-order valence-electron chi connectivity index (χ4n) is 1.56. The molecule has 6 heteroatoms. The lowest BCUT2D eigenvalue weighted by molar-refractivity contribution is -0.207. The van der Waals surface area contributed by atoms with Crippen LogP contribution in [0.5, 0.6) is 5.75 Å². The van der Waals surface area contributed by atoms with Gasteiger partial charge in [0.05, 0.1) is 7.11 Å². The molecule has 1 rings (SSSR count). The second kappa shape index (κ2) is 5.95. The minimum atomic E-state index is -4.99. The lowest BCUT2D eigenvalue weighted by Gasteiger charge is -2.22. The van der Waals surface area contributed by atoms with Gasteiger partial charge >= 0.3 is 12.1 Å². The van der Waals surface area contributed by atoms with Crippen LogP contribution in [0.25, 0.3) is 0 Å². The Kier molecular flexibility index (Phi) is 4.80. The van der Waals surface area contributed by atoms with Gasteiger partial charge in [-0.3, -0.25) is 0 Å². The summed E-state index contributed by atoms with van der Waals surface area (Å²) >= 11 is 0. The predicted octanol–water partition coefficient (Wildman–Crippen LogP) is 3.50. The van der Waals surface area contributed by atoms with Crippen LogP contribution in [0.3, 0.4) is 0 Å². The fraction of sp³-hybridized carbons (Fsp3) is 0.462. The molecule has 0 fully saturated rings. The van der Waals surface area contributed by atoms with Crippen LogP contribution < -0.4 is 4.74 Å². The summed E-state index contributed by atoms with van der Waals surface area (Å²) in [5.74, 6) is -1.88. The van der Waals surface area contributed by atoms with Gasteiger partial charge in [0.2, 0.25) is 0 Å². The summed E-state index contributed by atoms with van der Waals surface area (Å²) in [4.78, 5) is 10.9. The van der Waals surface area contributed by atoms with Crippen LogP contribution in [0.2, 0.25) is 0 Å². The second-order valence-corrected chi connectivity index (χ2v) is 4.34. The molecule has 0 aliphatic rings. The maximum Gasteiger partial charge on any atom is 0.490 e. The SMILES string of the molecule is COc1ccc(C(OC(=O)C(F)(F)F)C(C)C)cc1. The minimum absolute atomic E-state index is 0.278. The topological polar surface area (TPSA) is 35.5 Å². The summed E-state index contributed by atoms with van der Waals surface area (Å²) in [7, 11) is 1.48. The third kappa shape index (κ3) is 4.15. The molecule has 1 atom stereocenters. The zero-order valence-corrected chi connectivity index (χ0v) is 10.8. The molecule has 1 aromatic rings. The van der Waals surface area contributed by atoms with E-state index in [4.69, 9.17) is 4.74 Å². The minimum Gasteiger partial charge on any atom is -0.497 e. The highest BCUT2D eigenvalue weighted by Crippen LogP contribution is 2.30. The molecular formula is C13H15F3O3. The van der Waals surface area contributed by atoms with Gasteiger partial charge in [0.15, 0.2) is 0 Å². The van der Waals surface area contributed by atoms with Gasteiger partial charge < -0.3 is 9.47 Å². The molecule has 0 aromatic heterocycles. The molecule has 0 bridgehead atoms. The highest BCUT2D eigenvalue weighted by atomic mass is 19.4. The molecule has 0 saturated heterocycles. The van der Waals surface area contributed by atoms with Crippen molar-refractivity contribution in [3.63, 3.8) is 0 Å². The first-order chi connectivity index (χ1) is 8.75. The Labute approximate surface area is 109 Å². The molecule has 0 heterocycles. The van der Waals surface area contributed by atoms with Gasteiger partial charge in [0.1, 0.15) is 11.9 Å². The number of ether oxygens (including phenoxy) is 2. The second-order valence-electron chi connectivity index (χ2n) is 4.34. The molecule has 0 aliphatic heterocycles. The summed E-state index contributed by atoms with van der Waals surface area (Å²) < 4.78 is 46.1. The van der Waals surface area contributed by atoms with E-state index in [0.29, 0.717) is 11.3 Å². The monoisotopic (exact) mass is 276 g/mol. The molecule has 1 unspecified atom stereocenters. The van der Waals surface area contributed by atoms with Crippen molar-refractivity contribution < 1.29 is 27.4 Å². The largest absolute Gasteiger partial charge is 0.497 e. The van der Waals surface area contributed by atoms with E-state index in [2.05, 4.69) is 4.74 Å². The maximum atomic E-state index is 12.2. The van der Waals surface area contributed by atoms with Crippen molar-refractivity contribution in [2.75, 3.05) is 7.11 Å². The molecule has 0 spiro atoms. The standard InChI is InChI=1S/C13H15F3O3/c1-8(2)11(19-12(17)13(14,15)16)9-4-6-10(18-3)7-5-9/h4-8,11H,1-3H3. The van der Waals surface area contributed by atoms with E-state index in [1.54, 1.807) is 38.1 Å². The number of carbonyl (C=O) groups is 1. The molecule has 3 nitrogen and oxygen atoms in total. The third-order valence-electron chi connectivity index (χ3n) is 2.52. The molecule has 0 saturated carbocycles. The first-order valence-electron chi connectivity index (χ1n) is 5.67. The number of halogens is 3. The third-order valence-corrected chi connectivity index (χ3v) is 2.52. The van der Waals surface area contributed by atoms with Crippen molar-refractivity contribution in [1.29, 1.82) is 0 Å². The first kappa shape index (κ1) is 15.3. The van der Waals surface area contributed by atoms with E-state index in [0.717, 1.165) is 0 Å². The van der Waals surface area contributed by atoms with Crippen molar-refractivity contribution in [1.82, 2.24) is 0 Å². The van der Waals surface area contributed by atoms with Crippen LogP contribution in [0.4, 0.5) is 13.2 Å². The summed E-state index contributed by atoms with van der Waals surface area (Å²) in [6.07, 6.45) is -5.93. The number of rotatable bonds is 4. The van der Waals surface area contributed by atoms with Crippen LogP contribution in [-0.2, 0) is 9.53 Å². The van der Waals surface area contributed by atoms with Gasteiger partial charge in [-0.05, 0) is 23.6 Å². The fourth-order valence-corrected chi connectivity index (χ4v) is 1.56. The molecule has 106 valence electrons. The van der Waals surface area contributed by atoms with Crippen LogP contribution in [0, 0.1) is 5.92 Å². The van der Waals surface area contributed by atoms with Crippen molar-refractivity contribution in [2.24, 2.45) is 5.92 Å². The number of carbonyl (C=O) groups excluding carboxylic acids is 1. The quantitative estimate of drug-likeness (QED) is 0.790. The van der Waals surface area contributed by atoms with Gasteiger partial charge in [-0.25, -0.2) is 4.79 Å². The van der Waals surface area contributed by atoms with Crippen molar-refractivity contribution >= 4 is 5.97 Å². The van der Waals surface area contributed by atoms with Crippen LogP contribution in [-0.4, -0.2) is 19.3 Å².